The van der Waals surface area contributed by atoms with Crippen LogP contribution in [0.25, 0.3) is 0 Å². The standard InChI is InChI=1S/C12H18N2O2/c1-8-3-10(5-13)6-14(8)12(15)11-4-9(2)16-7-11/h4,7-8,10H,3,5-6,13H2,1-2H3. The number of carbonyl (C=O) groups excluding carboxylic acids is 1. The molecule has 1 aromatic rings. The van der Waals surface area contributed by atoms with E-state index >= 15 is 0 Å². The summed E-state index contributed by atoms with van der Waals surface area (Å²) in [6, 6.07) is 2.06. The Balaban J connectivity index is 2.11. The molecule has 2 heterocycles. The molecule has 4 nitrogen and oxygen atoms in total. The largest absolute Gasteiger partial charge is 0.469 e. The van der Waals surface area contributed by atoms with Crippen LogP contribution < -0.4 is 5.73 Å². The Morgan fingerprint density at radius 3 is 2.94 bits per heavy atom. The molecule has 0 spiro atoms. The van der Waals surface area contributed by atoms with E-state index in [-0.39, 0.29) is 11.9 Å². The SMILES string of the molecule is Cc1cc(C(=O)N2CC(CN)CC2C)co1. The van der Waals surface area contributed by atoms with Crippen molar-refractivity contribution < 1.29 is 9.21 Å². The van der Waals surface area contributed by atoms with Crippen LogP contribution in [0.2, 0.25) is 0 Å². The maximum absolute atomic E-state index is 12.2. The second kappa shape index (κ2) is 4.29. The molecule has 1 aliphatic heterocycles. The van der Waals surface area contributed by atoms with Crippen molar-refractivity contribution >= 4 is 5.91 Å². The number of rotatable bonds is 2. The second-order valence-electron chi connectivity index (χ2n) is 4.59. The van der Waals surface area contributed by atoms with Gasteiger partial charge >= 0.3 is 0 Å². The summed E-state index contributed by atoms with van der Waals surface area (Å²) in [5.41, 5.74) is 6.29. The highest BCUT2D eigenvalue weighted by Crippen LogP contribution is 2.24. The molecule has 16 heavy (non-hydrogen) atoms. The fourth-order valence-corrected chi connectivity index (χ4v) is 2.32. The Morgan fingerprint density at radius 2 is 2.44 bits per heavy atom. The van der Waals surface area contributed by atoms with Gasteiger partial charge < -0.3 is 15.1 Å². The molecule has 0 aliphatic carbocycles. The van der Waals surface area contributed by atoms with Crippen molar-refractivity contribution in [1.29, 1.82) is 0 Å². The molecular formula is C12H18N2O2. The van der Waals surface area contributed by atoms with Crippen LogP contribution in [0.4, 0.5) is 0 Å². The van der Waals surface area contributed by atoms with E-state index in [1.165, 1.54) is 6.26 Å². The van der Waals surface area contributed by atoms with E-state index in [1.807, 2.05) is 11.8 Å². The molecular weight excluding hydrogens is 204 g/mol. The normalized spacial score (nSPS) is 25.1. The van der Waals surface area contributed by atoms with Gasteiger partial charge in [0.1, 0.15) is 12.0 Å². The number of likely N-dealkylation sites (tertiary alicyclic amines) is 1. The van der Waals surface area contributed by atoms with Crippen molar-refractivity contribution in [3.05, 3.63) is 23.7 Å². The number of aryl methyl sites for hydroxylation is 1. The minimum atomic E-state index is 0.0558. The average molecular weight is 222 g/mol. The van der Waals surface area contributed by atoms with Crippen LogP contribution in [0.3, 0.4) is 0 Å². The number of hydrogen-bond donors (Lipinski definition) is 1. The summed E-state index contributed by atoms with van der Waals surface area (Å²) in [6.07, 6.45) is 2.53. The summed E-state index contributed by atoms with van der Waals surface area (Å²) in [5, 5.41) is 0. The molecule has 0 aromatic carbocycles. The molecule has 88 valence electrons. The third-order valence-corrected chi connectivity index (χ3v) is 3.23. The van der Waals surface area contributed by atoms with Gasteiger partial charge in [-0.3, -0.25) is 4.79 Å². The first-order valence-electron chi connectivity index (χ1n) is 5.68. The summed E-state index contributed by atoms with van der Waals surface area (Å²) in [6.45, 7) is 5.33. The summed E-state index contributed by atoms with van der Waals surface area (Å²) in [7, 11) is 0. The van der Waals surface area contributed by atoms with Crippen LogP contribution in [-0.2, 0) is 0 Å². The molecule has 2 unspecified atom stereocenters. The highest BCUT2D eigenvalue weighted by atomic mass is 16.3. The number of nitrogens with two attached hydrogens (primary N) is 1. The van der Waals surface area contributed by atoms with E-state index in [4.69, 9.17) is 10.2 Å². The van der Waals surface area contributed by atoms with Crippen molar-refractivity contribution in [1.82, 2.24) is 4.90 Å². The van der Waals surface area contributed by atoms with Gasteiger partial charge in [-0.05, 0) is 38.8 Å². The molecule has 4 heteroatoms. The second-order valence-corrected chi connectivity index (χ2v) is 4.59. The lowest BCUT2D eigenvalue weighted by atomic mass is 10.1. The minimum absolute atomic E-state index is 0.0558. The highest BCUT2D eigenvalue weighted by Gasteiger charge is 2.32. The van der Waals surface area contributed by atoms with Crippen LogP contribution in [-0.4, -0.2) is 29.9 Å². The average Bonchev–Trinajstić information content (AvgIpc) is 2.83. The van der Waals surface area contributed by atoms with Crippen molar-refractivity contribution in [2.75, 3.05) is 13.1 Å². The number of hydrogen-bond acceptors (Lipinski definition) is 3. The van der Waals surface area contributed by atoms with E-state index in [9.17, 15) is 4.79 Å². The third kappa shape index (κ3) is 1.97. The molecule has 1 fully saturated rings. The van der Waals surface area contributed by atoms with Gasteiger partial charge in [-0.25, -0.2) is 0 Å². The summed E-state index contributed by atoms with van der Waals surface area (Å²) < 4.78 is 5.16. The van der Waals surface area contributed by atoms with Gasteiger partial charge in [0.25, 0.3) is 5.91 Å². The van der Waals surface area contributed by atoms with Gasteiger partial charge in [0, 0.05) is 12.6 Å². The molecule has 1 amide bonds. The molecule has 2 N–H and O–H groups in total. The monoisotopic (exact) mass is 222 g/mol. The maximum Gasteiger partial charge on any atom is 0.257 e. The van der Waals surface area contributed by atoms with Gasteiger partial charge in [0.2, 0.25) is 0 Å². The first-order valence-corrected chi connectivity index (χ1v) is 5.68. The smallest absolute Gasteiger partial charge is 0.257 e. The lowest BCUT2D eigenvalue weighted by Gasteiger charge is -2.20. The molecule has 0 radical (unpaired) electrons. The molecule has 1 aliphatic rings. The quantitative estimate of drug-likeness (QED) is 0.822. The lowest BCUT2D eigenvalue weighted by molar-refractivity contribution is 0.0742. The number of furan rings is 1. The highest BCUT2D eigenvalue weighted by molar-refractivity contribution is 5.94. The summed E-state index contributed by atoms with van der Waals surface area (Å²) in [5.74, 6) is 1.26. The van der Waals surface area contributed by atoms with Gasteiger partial charge in [0.05, 0.1) is 5.56 Å². The minimum Gasteiger partial charge on any atom is -0.469 e. The lowest BCUT2D eigenvalue weighted by Crippen LogP contribution is -2.34. The zero-order chi connectivity index (χ0) is 11.7. The van der Waals surface area contributed by atoms with Crippen LogP contribution in [0, 0.1) is 12.8 Å². The number of nitrogens with zero attached hydrogens (tertiary/aromatic N) is 1. The zero-order valence-electron chi connectivity index (χ0n) is 9.77. The van der Waals surface area contributed by atoms with Gasteiger partial charge in [0.15, 0.2) is 0 Å². The van der Waals surface area contributed by atoms with Gasteiger partial charge in [-0.2, -0.15) is 0 Å². The van der Waals surface area contributed by atoms with Crippen LogP contribution in [0.5, 0.6) is 0 Å². The topological polar surface area (TPSA) is 59.5 Å². The van der Waals surface area contributed by atoms with E-state index in [0.717, 1.165) is 18.7 Å². The third-order valence-electron chi connectivity index (χ3n) is 3.23. The van der Waals surface area contributed by atoms with Crippen molar-refractivity contribution in [3.63, 3.8) is 0 Å². The van der Waals surface area contributed by atoms with Crippen molar-refractivity contribution in [2.24, 2.45) is 11.7 Å². The fraction of sp³-hybridized carbons (Fsp3) is 0.583. The van der Waals surface area contributed by atoms with E-state index in [0.29, 0.717) is 18.0 Å². The number of carbonyl (C=O) groups is 1. The van der Waals surface area contributed by atoms with Crippen LogP contribution >= 0.6 is 0 Å². The van der Waals surface area contributed by atoms with Crippen molar-refractivity contribution in [3.8, 4) is 0 Å². The predicted molar refractivity (Wildman–Crippen MR) is 61.1 cm³/mol. The van der Waals surface area contributed by atoms with E-state index in [1.54, 1.807) is 6.07 Å². The summed E-state index contributed by atoms with van der Waals surface area (Å²) in [4.78, 5) is 14.0. The maximum atomic E-state index is 12.2. The zero-order valence-corrected chi connectivity index (χ0v) is 9.77. The van der Waals surface area contributed by atoms with Gasteiger partial charge in [-0.15, -0.1) is 0 Å². The Kier molecular flexibility index (Phi) is 3.01. The first-order chi connectivity index (χ1) is 7.61. The Hall–Kier alpha value is -1.29. The first kappa shape index (κ1) is 11.2. The predicted octanol–water partition coefficient (Wildman–Crippen LogP) is 1.40. The molecule has 0 bridgehead atoms. The van der Waals surface area contributed by atoms with E-state index in [2.05, 4.69) is 6.92 Å². The molecule has 1 saturated heterocycles. The molecule has 2 atom stereocenters. The van der Waals surface area contributed by atoms with Gasteiger partial charge in [-0.1, -0.05) is 0 Å². The van der Waals surface area contributed by atoms with Crippen LogP contribution in [0.1, 0.15) is 29.5 Å². The molecule has 2 rings (SSSR count). The van der Waals surface area contributed by atoms with Crippen LogP contribution in [0.15, 0.2) is 16.7 Å². The Labute approximate surface area is 95.4 Å². The summed E-state index contributed by atoms with van der Waals surface area (Å²) >= 11 is 0. The molecule has 1 aromatic heterocycles. The number of amides is 1. The Bertz CT molecular complexity index is 386. The molecule has 0 saturated carbocycles. The van der Waals surface area contributed by atoms with E-state index < -0.39 is 0 Å². The van der Waals surface area contributed by atoms with Crippen molar-refractivity contribution in [2.45, 2.75) is 26.3 Å². The fourth-order valence-electron chi connectivity index (χ4n) is 2.32. The Morgan fingerprint density at radius 1 is 1.69 bits per heavy atom.